The summed E-state index contributed by atoms with van der Waals surface area (Å²) in [6.45, 7) is 6.95. The van der Waals surface area contributed by atoms with Crippen LogP contribution in [0.25, 0.3) is 6.08 Å². The fourth-order valence-electron chi connectivity index (χ4n) is 3.12. The maximum absolute atomic E-state index is 8.90. The molecule has 1 rings (SSSR count). The van der Waals surface area contributed by atoms with Crippen molar-refractivity contribution in [1.29, 1.82) is 0 Å². The summed E-state index contributed by atoms with van der Waals surface area (Å²) in [6.07, 6.45) is 19.8. The number of unbranched alkanes of at least 4 members (excludes halogenated alkanes) is 9. The van der Waals surface area contributed by atoms with E-state index < -0.39 is 0 Å². The number of allylic oxidation sites excluding steroid dienone is 1. The Kier molecular flexibility index (Phi) is 13.6. The van der Waals surface area contributed by atoms with E-state index >= 15 is 0 Å². The number of rotatable bonds is 16. The average Bonchev–Trinajstić information content (AvgIpc) is 2.66. The number of aliphatic hydroxyl groups is 1. The molecular formula is C24H38O2. The highest BCUT2D eigenvalue weighted by atomic mass is 16.5. The van der Waals surface area contributed by atoms with Gasteiger partial charge in [0.25, 0.3) is 0 Å². The van der Waals surface area contributed by atoms with Crippen LogP contribution in [0.5, 0.6) is 5.75 Å². The predicted molar refractivity (Wildman–Crippen MR) is 114 cm³/mol. The average molecular weight is 359 g/mol. The van der Waals surface area contributed by atoms with Gasteiger partial charge in [-0.25, -0.2) is 0 Å². The quantitative estimate of drug-likeness (QED) is 0.262. The Hall–Kier alpha value is -1.54. The van der Waals surface area contributed by atoms with E-state index in [0.717, 1.165) is 36.3 Å². The molecule has 0 saturated heterocycles. The Morgan fingerprint density at radius 2 is 1.62 bits per heavy atom. The molecule has 1 aromatic carbocycles. The summed E-state index contributed by atoms with van der Waals surface area (Å²) in [5.74, 6) is 0.960. The molecule has 0 unspecified atom stereocenters. The molecule has 0 bridgehead atoms. The molecule has 0 saturated carbocycles. The van der Waals surface area contributed by atoms with Crippen molar-refractivity contribution < 1.29 is 9.84 Å². The van der Waals surface area contributed by atoms with E-state index in [1.807, 2.05) is 24.3 Å². The van der Waals surface area contributed by atoms with E-state index in [1.165, 1.54) is 57.8 Å². The third-order valence-corrected chi connectivity index (χ3v) is 4.62. The van der Waals surface area contributed by atoms with Crippen LogP contribution in [0.3, 0.4) is 0 Å². The lowest BCUT2D eigenvalue weighted by molar-refractivity contribution is 0.302. The lowest BCUT2D eigenvalue weighted by Crippen LogP contribution is -2.00. The number of hydrogen-bond acceptors (Lipinski definition) is 2. The van der Waals surface area contributed by atoms with Gasteiger partial charge in [-0.15, -0.1) is 6.58 Å². The van der Waals surface area contributed by atoms with E-state index in [1.54, 1.807) is 6.08 Å². The maximum atomic E-state index is 8.90. The van der Waals surface area contributed by atoms with Crippen molar-refractivity contribution in [3.63, 3.8) is 0 Å². The molecule has 0 aliphatic heterocycles. The van der Waals surface area contributed by atoms with Gasteiger partial charge in [0.15, 0.2) is 0 Å². The van der Waals surface area contributed by atoms with Crippen molar-refractivity contribution in [3.8, 4) is 5.75 Å². The Bertz CT molecular complexity index is 505. The number of ether oxygens (including phenoxy) is 1. The first-order valence-electron chi connectivity index (χ1n) is 10.5. The van der Waals surface area contributed by atoms with Crippen molar-refractivity contribution >= 4 is 6.08 Å². The van der Waals surface area contributed by atoms with Crippen LogP contribution in [0.4, 0.5) is 0 Å². The summed E-state index contributed by atoms with van der Waals surface area (Å²) in [5, 5.41) is 8.90. The van der Waals surface area contributed by atoms with Gasteiger partial charge in [-0.05, 0) is 36.1 Å². The molecule has 26 heavy (non-hydrogen) atoms. The first-order chi connectivity index (χ1) is 12.8. The predicted octanol–water partition coefficient (Wildman–Crippen LogP) is 6.72. The largest absolute Gasteiger partial charge is 0.493 e. The van der Waals surface area contributed by atoms with E-state index in [0.29, 0.717) is 0 Å². The number of benzene rings is 1. The Morgan fingerprint density at radius 3 is 2.23 bits per heavy atom. The van der Waals surface area contributed by atoms with Gasteiger partial charge in [0, 0.05) is 0 Å². The van der Waals surface area contributed by atoms with Crippen LogP contribution in [0, 0.1) is 0 Å². The monoisotopic (exact) mass is 358 g/mol. The molecule has 2 nitrogen and oxygen atoms in total. The van der Waals surface area contributed by atoms with Crippen LogP contribution in [-0.2, 0) is 6.42 Å². The molecule has 0 fully saturated rings. The van der Waals surface area contributed by atoms with Crippen molar-refractivity contribution in [3.05, 3.63) is 48.1 Å². The highest BCUT2D eigenvalue weighted by Crippen LogP contribution is 2.22. The Morgan fingerprint density at radius 1 is 0.962 bits per heavy atom. The third-order valence-electron chi connectivity index (χ3n) is 4.62. The number of aliphatic hydroxyl groups excluding tert-OH is 1. The molecule has 0 atom stereocenters. The van der Waals surface area contributed by atoms with Gasteiger partial charge in [-0.3, -0.25) is 0 Å². The highest BCUT2D eigenvalue weighted by Gasteiger charge is 2.03. The summed E-state index contributed by atoms with van der Waals surface area (Å²) in [7, 11) is 0. The van der Waals surface area contributed by atoms with Crippen LogP contribution in [0.2, 0.25) is 0 Å². The molecule has 0 aliphatic rings. The van der Waals surface area contributed by atoms with E-state index in [9.17, 15) is 0 Å². The standard InChI is InChI=1S/C24H38O2/c1-3-5-6-7-8-9-10-11-12-13-20-26-24-18-17-22(16-14-19-25)21-23(24)15-4-2/h4,14,16-18,21,25H,2-3,5-13,15,19-20H2,1H3. The molecule has 0 aromatic heterocycles. The third kappa shape index (κ3) is 10.5. The summed E-state index contributed by atoms with van der Waals surface area (Å²) in [6, 6.07) is 6.18. The normalized spacial score (nSPS) is 11.2. The van der Waals surface area contributed by atoms with Gasteiger partial charge < -0.3 is 9.84 Å². The van der Waals surface area contributed by atoms with E-state index in [2.05, 4.69) is 19.6 Å². The van der Waals surface area contributed by atoms with Gasteiger partial charge in [-0.1, -0.05) is 89.0 Å². The zero-order valence-electron chi connectivity index (χ0n) is 16.7. The SMILES string of the molecule is C=CCc1cc(C=CCO)ccc1OCCCCCCCCCCCC. The fraction of sp³-hybridized carbons (Fsp3) is 0.583. The van der Waals surface area contributed by atoms with Gasteiger partial charge >= 0.3 is 0 Å². The molecular weight excluding hydrogens is 320 g/mol. The molecule has 1 N–H and O–H groups in total. The van der Waals surface area contributed by atoms with Crippen LogP contribution in [-0.4, -0.2) is 18.3 Å². The second kappa shape index (κ2) is 15.7. The van der Waals surface area contributed by atoms with Gasteiger partial charge in [0.2, 0.25) is 0 Å². The topological polar surface area (TPSA) is 29.5 Å². The first-order valence-corrected chi connectivity index (χ1v) is 10.5. The van der Waals surface area contributed by atoms with Crippen molar-refractivity contribution in [2.24, 2.45) is 0 Å². The molecule has 0 amide bonds. The summed E-state index contributed by atoms with van der Waals surface area (Å²) >= 11 is 0. The minimum atomic E-state index is 0.0633. The van der Waals surface area contributed by atoms with E-state index in [-0.39, 0.29) is 6.61 Å². The number of hydrogen-bond donors (Lipinski definition) is 1. The van der Waals surface area contributed by atoms with Crippen molar-refractivity contribution in [1.82, 2.24) is 0 Å². The van der Waals surface area contributed by atoms with Crippen LogP contribution >= 0.6 is 0 Å². The molecule has 0 aliphatic carbocycles. The zero-order chi connectivity index (χ0) is 18.9. The molecule has 0 heterocycles. The summed E-state index contributed by atoms with van der Waals surface area (Å²) in [4.78, 5) is 0. The van der Waals surface area contributed by atoms with Gasteiger partial charge in [0.1, 0.15) is 5.75 Å². The smallest absolute Gasteiger partial charge is 0.122 e. The van der Waals surface area contributed by atoms with Crippen LogP contribution < -0.4 is 4.74 Å². The molecule has 146 valence electrons. The fourth-order valence-corrected chi connectivity index (χ4v) is 3.12. The van der Waals surface area contributed by atoms with Crippen molar-refractivity contribution in [2.75, 3.05) is 13.2 Å². The zero-order valence-corrected chi connectivity index (χ0v) is 16.7. The second-order valence-electron chi connectivity index (χ2n) is 6.98. The molecule has 0 radical (unpaired) electrons. The molecule has 0 spiro atoms. The van der Waals surface area contributed by atoms with E-state index in [4.69, 9.17) is 9.84 Å². The van der Waals surface area contributed by atoms with Gasteiger partial charge in [-0.2, -0.15) is 0 Å². The van der Waals surface area contributed by atoms with Crippen LogP contribution in [0.1, 0.15) is 82.3 Å². The second-order valence-corrected chi connectivity index (χ2v) is 6.98. The molecule has 1 aromatic rings. The van der Waals surface area contributed by atoms with Crippen LogP contribution in [0.15, 0.2) is 36.9 Å². The van der Waals surface area contributed by atoms with Crippen molar-refractivity contribution in [2.45, 2.75) is 77.6 Å². The minimum absolute atomic E-state index is 0.0633. The minimum Gasteiger partial charge on any atom is -0.493 e. The van der Waals surface area contributed by atoms with Gasteiger partial charge in [0.05, 0.1) is 13.2 Å². The highest BCUT2D eigenvalue weighted by molar-refractivity contribution is 5.53. The first kappa shape index (κ1) is 22.5. The molecule has 2 heteroatoms. The summed E-state index contributed by atoms with van der Waals surface area (Å²) in [5.41, 5.74) is 2.24. The Labute approximate surface area is 161 Å². The lowest BCUT2D eigenvalue weighted by atomic mass is 10.1. The Balaban J connectivity index is 2.21. The lowest BCUT2D eigenvalue weighted by Gasteiger charge is -2.11. The summed E-state index contributed by atoms with van der Waals surface area (Å²) < 4.78 is 6.00. The maximum Gasteiger partial charge on any atom is 0.122 e.